The second kappa shape index (κ2) is 4.86. The van der Waals surface area contributed by atoms with Crippen molar-refractivity contribution in [1.82, 2.24) is 20.5 Å². The molecule has 2 aromatic rings. The van der Waals surface area contributed by atoms with Gasteiger partial charge in [-0.15, -0.1) is 10.2 Å². The Balaban J connectivity index is 1.89. The van der Waals surface area contributed by atoms with Crippen LogP contribution < -0.4 is 10.2 Å². The topological polar surface area (TPSA) is 53.9 Å². The van der Waals surface area contributed by atoms with Gasteiger partial charge in [0.05, 0.1) is 5.52 Å². The smallest absolute Gasteiger partial charge is 0.245 e. The number of piperidine rings is 1. The number of nitrogens with one attached hydrogen (secondary N) is 1. The minimum atomic E-state index is 0.522. The van der Waals surface area contributed by atoms with Gasteiger partial charge in [0, 0.05) is 19.1 Å². The maximum absolute atomic E-state index is 4.59. The van der Waals surface area contributed by atoms with Crippen LogP contribution in [0.15, 0.2) is 24.3 Å². The predicted octanol–water partition coefficient (Wildman–Crippen LogP) is 1.21. The monoisotopic (exact) mass is 243 g/mol. The molecule has 5 heteroatoms. The standard InChI is InChI=1S/C13H17N5/c1-14-10-5-4-8-18(9-10)13-15-11-6-2-3-7-12(11)16-17-13/h2-3,6-7,10,14H,4-5,8-9H2,1H3. The number of benzene rings is 1. The lowest BCUT2D eigenvalue weighted by atomic mass is 10.1. The van der Waals surface area contributed by atoms with Crippen molar-refractivity contribution in [3.63, 3.8) is 0 Å². The van der Waals surface area contributed by atoms with Crippen LogP contribution in [0.3, 0.4) is 0 Å². The highest BCUT2D eigenvalue weighted by Gasteiger charge is 2.20. The molecule has 0 bridgehead atoms. The van der Waals surface area contributed by atoms with Gasteiger partial charge >= 0.3 is 0 Å². The van der Waals surface area contributed by atoms with Crippen molar-refractivity contribution < 1.29 is 0 Å². The third kappa shape index (κ3) is 2.13. The van der Waals surface area contributed by atoms with Gasteiger partial charge in [0.25, 0.3) is 0 Å². The fraction of sp³-hybridized carbons (Fsp3) is 0.462. The van der Waals surface area contributed by atoms with E-state index >= 15 is 0 Å². The molecule has 2 heterocycles. The van der Waals surface area contributed by atoms with Crippen molar-refractivity contribution in [3.05, 3.63) is 24.3 Å². The number of aromatic nitrogens is 3. The van der Waals surface area contributed by atoms with E-state index in [-0.39, 0.29) is 0 Å². The Morgan fingerprint density at radius 3 is 2.89 bits per heavy atom. The second-order valence-corrected chi connectivity index (χ2v) is 4.67. The summed E-state index contributed by atoms with van der Waals surface area (Å²) in [7, 11) is 2.01. The fourth-order valence-electron chi connectivity index (χ4n) is 2.40. The largest absolute Gasteiger partial charge is 0.338 e. The van der Waals surface area contributed by atoms with Gasteiger partial charge in [0.1, 0.15) is 5.52 Å². The quantitative estimate of drug-likeness (QED) is 0.859. The number of anilines is 1. The minimum Gasteiger partial charge on any atom is -0.338 e. The molecule has 1 atom stereocenters. The average Bonchev–Trinajstić information content (AvgIpc) is 2.47. The molecule has 0 aliphatic carbocycles. The number of para-hydroxylation sites is 1. The van der Waals surface area contributed by atoms with Crippen LogP contribution in [0.2, 0.25) is 0 Å². The minimum absolute atomic E-state index is 0.522. The fourth-order valence-corrected chi connectivity index (χ4v) is 2.40. The molecule has 0 spiro atoms. The van der Waals surface area contributed by atoms with Crippen molar-refractivity contribution in [2.24, 2.45) is 0 Å². The van der Waals surface area contributed by atoms with E-state index in [4.69, 9.17) is 0 Å². The first-order chi connectivity index (χ1) is 8.86. The Labute approximate surface area is 106 Å². The van der Waals surface area contributed by atoms with Crippen LogP contribution in [0.1, 0.15) is 12.8 Å². The van der Waals surface area contributed by atoms with E-state index in [1.165, 1.54) is 12.8 Å². The molecule has 3 rings (SSSR count). The predicted molar refractivity (Wildman–Crippen MR) is 71.6 cm³/mol. The lowest BCUT2D eigenvalue weighted by molar-refractivity contribution is 0.445. The van der Waals surface area contributed by atoms with Gasteiger partial charge in [0.2, 0.25) is 5.95 Å². The first kappa shape index (κ1) is 11.3. The summed E-state index contributed by atoms with van der Waals surface area (Å²) < 4.78 is 0. The van der Waals surface area contributed by atoms with Crippen LogP contribution >= 0.6 is 0 Å². The molecule has 1 aromatic heterocycles. The summed E-state index contributed by atoms with van der Waals surface area (Å²) in [5, 5.41) is 11.8. The lowest BCUT2D eigenvalue weighted by Gasteiger charge is -2.32. The van der Waals surface area contributed by atoms with Crippen LogP contribution in [0.4, 0.5) is 5.95 Å². The number of hydrogen-bond acceptors (Lipinski definition) is 5. The van der Waals surface area contributed by atoms with Crippen LogP contribution in [0.25, 0.3) is 11.0 Å². The molecule has 0 radical (unpaired) electrons. The van der Waals surface area contributed by atoms with E-state index in [9.17, 15) is 0 Å². The Bertz CT molecular complexity index is 542. The van der Waals surface area contributed by atoms with Crippen molar-refractivity contribution in [2.75, 3.05) is 25.0 Å². The summed E-state index contributed by atoms with van der Waals surface area (Å²) in [5.41, 5.74) is 1.76. The molecule has 1 aromatic carbocycles. The lowest BCUT2D eigenvalue weighted by Crippen LogP contribution is -2.45. The molecule has 5 nitrogen and oxygen atoms in total. The first-order valence-electron chi connectivity index (χ1n) is 6.38. The summed E-state index contributed by atoms with van der Waals surface area (Å²) in [6.07, 6.45) is 2.38. The van der Waals surface area contributed by atoms with Gasteiger partial charge in [-0.1, -0.05) is 12.1 Å². The van der Waals surface area contributed by atoms with Crippen LogP contribution in [0, 0.1) is 0 Å². The highest BCUT2D eigenvalue weighted by Crippen LogP contribution is 2.17. The van der Waals surface area contributed by atoms with Gasteiger partial charge in [-0.25, -0.2) is 4.98 Å². The molecule has 18 heavy (non-hydrogen) atoms. The molecular formula is C13H17N5. The van der Waals surface area contributed by atoms with E-state index in [2.05, 4.69) is 25.4 Å². The Kier molecular flexibility index (Phi) is 3.06. The number of nitrogens with zero attached hydrogens (tertiary/aromatic N) is 4. The molecule has 1 aliphatic heterocycles. The molecule has 94 valence electrons. The van der Waals surface area contributed by atoms with Gasteiger partial charge in [0.15, 0.2) is 0 Å². The summed E-state index contributed by atoms with van der Waals surface area (Å²) >= 11 is 0. The van der Waals surface area contributed by atoms with Crippen LogP contribution in [0.5, 0.6) is 0 Å². The third-order valence-corrected chi connectivity index (χ3v) is 3.46. The molecule has 1 aliphatic rings. The Morgan fingerprint density at radius 2 is 2.06 bits per heavy atom. The van der Waals surface area contributed by atoms with E-state index in [1.807, 2.05) is 31.3 Å². The zero-order valence-corrected chi connectivity index (χ0v) is 10.5. The van der Waals surface area contributed by atoms with Crippen molar-refractivity contribution in [2.45, 2.75) is 18.9 Å². The van der Waals surface area contributed by atoms with E-state index < -0.39 is 0 Å². The molecular weight excluding hydrogens is 226 g/mol. The molecule has 1 fully saturated rings. The summed E-state index contributed by atoms with van der Waals surface area (Å²) in [6, 6.07) is 8.37. The SMILES string of the molecule is CNC1CCCN(c2nnc3ccccc3n2)C1. The maximum Gasteiger partial charge on any atom is 0.245 e. The number of rotatable bonds is 2. The highest BCUT2D eigenvalue weighted by atomic mass is 15.3. The zero-order valence-electron chi connectivity index (χ0n) is 10.5. The molecule has 0 amide bonds. The van der Waals surface area contributed by atoms with E-state index in [1.54, 1.807) is 0 Å². The van der Waals surface area contributed by atoms with Gasteiger partial charge in [-0.3, -0.25) is 0 Å². The average molecular weight is 243 g/mol. The molecule has 1 saturated heterocycles. The van der Waals surface area contributed by atoms with Crippen molar-refractivity contribution >= 4 is 17.0 Å². The van der Waals surface area contributed by atoms with E-state index in [0.717, 1.165) is 30.1 Å². The Hall–Kier alpha value is -1.75. The van der Waals surface area contributed by atoms with Gasteiger partial charge in [-0.05, 0) is 32.0 Å². The van der Waals surface area contributed by atoms with Gasteiger partial charge in [-0.2, -0.15) is 0 Å². The summed E-state index contributed by atoms with van der Waals surface area (Å²) in [5.74, 6) is 0.744. The van der Waals surface area contributed by atoms with Crippen molar-refractivity contribution in [3.8, 4) is 0 Å². The van der Waals surface area contributed by atoms with Crippen LogP contribution in [-0.4, -0.2) is 41.4 Å². The Morgan fingerprint density at radius 1 is 1.22 bits per heavy atom. The third-order valence-electron chi connectivity index (χ3n) is 3.46. The second-order valence-electron chi connectivity index (χ2n) is 4.67. The summed E-state index contributed by atoms with van der Waals surface area (Å²) in [6.45, 7) is 1.97. The zero-order chi connectivity index (χ0) is 12.4. The normalized spacial score (nSPS) is 20.3. The van der Waals surface area contributed by atoms with Crippen molar-refractivity contribution in [1.29, 1.82) is 0 Å². The van der Waals surface area contributed by atoms with E-state index in [0.29, 0.717) is 6.04 Å². The first-order valence-corrected chi connectivity index (χ1v) is 6.38. The molecule has 1 unspecified atom stereocenters. The maximum atomic E-state index is 4.59. The van der Waals surface area contributed by atoms with Gasteiger partial charge < -0.3 is 10.2 Å². The number of hydrogen-bond donors (Lipinski definition) is 1. The highest BCUT2D eigenvalue weighted by molar-refractivity contribution is 5.74. The number of fused-ring (bicyclic) bond motifs is 1. The van der Waals surface area contributed by atoms with Crippen LogP contribution in [-0.2, 0) is 0 Å². The molecule has 1 N–H and O–H groups in total. The molecule has 0 saturated carbocycles. The summed E-state index contributed by atoms with van der Waals surface area (Å²) in [4.78, 5) is 6.80. The number of likely N-dealkylation sites (N-methyl/N-ethyl adjacent to an activating group) is 1.